The summed E-state index contributed by atoms with van der Waals surface area (Å²) in [5.41, 5.74) is 6.91. The van der Waals surface area contributed by atoms with Crippen molar-refractivity contribution in [1.82, 2.24) is 4.98 Å². The number of nitrogens with two attached hydrogens (primary N) is 1. The summed E-state index contributed by atoms with van der Waals surface area (Å²) in [5.74, 6) is 0.181. The summed E-state index contributed by atoms with van der Waals surface area (Å²) in [6, 6.07) is 1.43. The Hall–Kier alpha value is -0.960. The van der Waals surface area contributed by atoms with E-state index in [4.69, 9.17) is 5.73 Å². The predicted octanol–water partition coefficient (Wildman–Crippen LogP) is 3.68. The van der Waals surface area contributed by atoms with E-state index in [1.807, 2.05) is 0 Å². The molecule has 0 radical (unpaired) electrons. The third kappa shape index (κ3) is 4.82. The van der Waals surface area contributed by atoms with Crippen molar-refractivity contribution in [3.63, 3.8) is 0 Å². The van der Waals surface area contributed by atoms with E-state index < -0.39 is 0 Å². The molecule has 0 fully saturated rings. The summed E-state index contributed by atoms with van der Waals surface area (Å²) in [5, 5.41) is 0. The largest absolute Gasteiger partial charge is 0.324 e. The Balaban J connectivity index is 2.61. The molecule has 3 heteroatoms. The van der Waals surface area contributed by atoms with Gasteiger partial charge in [0.1, 0.15) is 5.82 Å². The third-order valence-corrected chi connectivity index (χ3v) is 2.82. The lowest BCUT2D eigenvalue weighted by molar-refractivity contribution is 0.285. The lowest BCUT2D eigenvalue weighted by Gasteiger charge is -2.25. The average molecular weight is 238 g/mol. The summed E-state index contributed by atoms with van der Waals surface area (Å²) in [4.78, 5) is 3.74. The minimum atomic E-state index is -0.303. The van der Waals surface area contributed by atoms with Crippen molar-refractivity contribution in [1.29, 1.82) is 0 Å². The van der Waals surface area contributed by atoms with Crippen LogP contribution in [-0.4, -0.2) is 4.98 Å². The van der Waals surface area contributed by atoms with Crippen LogP contribution < -0.4 is 5.73 Å². The molecule has 0 saturated heterocycles. The number of aromatic nitrogens is 1. The van der Waals surface area contributed by atoms with Crippen molar-refractivity contribution < 1.29 is 4.39 Å². The second-order valence-electron chi connectivity index (χ2n) is 6.11. The van der Waals surface area contributed by atoms with E-state index in [1.54, 1.807) is 12.3 Å². The topological polar surface area (TPSA) is 38.9 Å². The predicted molar refractivity (Wildman–Crippen MR) is 69.0 cm³/mol. The molecule has 0 aliphatic rings. The standard InChI is InChI=1S/C14H23FN2/c1-10(8-14(2,3)4)7-13(16)11-5-6-17-9-12(11)15/h5-6,9-10,13H,7-8,16H2,1-4H3. The Morgan fingerprint density at radius 3 is 2.59 bits per heavy atom. The van der Waals surface area contributed by atoms with Crippen molar-refractivity contribution in [2.24, 2.45) is 17.1 Å². The lowest BCUT2D eigenvalue weighted by atomic mass is 9.82. The van der Waals surface area contributed by atoms with Crippen LogP contribution in [0.3, 0.4) is 0 Å². The smallest absolute Gasteiger partial charge is 0.146 e. The van der Waals surface area contributed by atoms with Gasteiger partial charge in [-0.3, -0.25) is 4.98 Å². The number of hydrogen-bond donors (Lipinski definition) is 1. The van der Waals surface area contributed by atoms with Crippen molar-refractivity contribution in [3.8, 4) is 0 Å². The number of halogens is 1. The zero-order valence-corrected chi connectivity index (χ0v) is 11.2. The highest BCUT2D eigenvalue weighted by atomic mass is 19.1. The number of rotatable bonds is 4. The van der Waals surface area contributed by atoms with Crippen LogP contribution in [0, 0.1) is 17.2 Å². The Bertz CT molecular complexity index is 357. The third-order valence-electron chi connectivity index (χ3n) is 2.82. The zero-order chi connectivity index (χ0) is 13.1. The van der Waals surface area contributed by atoms with Crippen molar-refractivity contribution in [2.45, 2.75) is 46.6 Å². The van der Waals surface area contributed by atoms with E-state index in [2.05, 4.69) is 32.7 Å². The van der Waals surface area contributed by atoms with Crippen molar-refractivity contribution in [3.05, 3.63) is 29.8 Å². The molecule has 1 aromatic heterocycles. The highest BCUT2D eigenvalue weighted by Crippen LogP contribution is 2.29. The fourth-order valence-corrected chi connectivity index (χ4v) is 2.38. The van der Waals surface area contributed by atoms with E-state index >= 15 is 0 Å². The summed E-state index contributed by atoms with van der Waals surface area (Å²) in [7, 11) is 0. The van der Waals surface area contributed by atoms with Gasteiger partial charge in [0.15, 0.2) is 0 Å². The summed E-state index contributed by atoms with van der Waals surface area (Å²) in [6.45, 7) is 8.80. The maximum atomic E-state index is 13.5. The Labute approximate surface area is 103 Å². The highest BCUT2D eigenvalue weighted by Gasteiger charge is 2.19. The van der Waals surface area contributed by atoms with Gasteiger partial charge in [-0.15, -0.1) is 0 Å². The van der Waals surface area contributed by atoms with E-state index in [9.17, 15) is 4.39 Å². The number of pyridine rings is 1. The quantitative estimate of drug-likeness (QED) is 0.869. The van der Waals surface area contributed by atoms with Gasteiger partial charge in [0.05, 0.1) is 6.20 Å². The van der Waals surface area contributed by atoms with E-state index in [1.165, 1.54) is 6.20 Å². The van der Waals surface area contributed by atoms with Gasteiger partial charge in [0, 0.05) is 17.8 Å². The van der Waals surface area contributed by atoms with Crippen LogP contribution in [0.1, 0.15) is 52.1 Å². The maximum Gasteiger partial charge on any atom is 0.146 e. The second-order valence-corrected chi connectivity index (χ2v) is 6.11. The average Bonchev–Trinajstić information content (AvgIpc) is 2.14. The summed E-state index contributed by atoms with van der Waals surface area (Å²) >= 11 is 0. The molecule has 2 unspecified atom stereocenters. The van der Waals surface area contributed by atoms with Crippen molar-refractivity contribution >= 4 is 0 Å². The lowest BCUT2D eigenvalue weighted by Crippen LogP contribution is -2.19. The van der Waals surface area contributed by atoms with Crippen LogP contribution in [0.5, 0.6) is 0 Å². The minimum Gasteiger partial charge on any atom is -0.324 e. The van der Waals surface area contributed by atoms with Gasteiger partial charge in [0.25, 0.3) is 0 Å². The van der Waals surface area contributed by atoms with Crippen LogP contribution in [0.2, 0.25) is 0 Å². The van der Waals surface area contributed by atoms with Gasteiger partial charge in [-0.05, 0) is 30.2 Å². The molecule has 0 spiro atoms. The van der Waals surface area contributed by atoms with E-state index in [-0.39, 0.29) is 17.3 Å². The van der Waals surface area contributed by atoms with Gasteiger partial charge in [0.2, 0.25) is 0 Å². The monoisotopic (exact) mass is 238 g/mol. The molecule has 0 aromatic carbocycles. The summed E-state index contributed by atoms with van der Waals surface area (Å²) < 4.78 is 13.5. The van der Waals surface area contributed by atoms with Gasteiger partial charge in [-0.25, -0.2) is 4.39 Å². The molecule has 0 amide bonds. The number of hydrogen-bond acceptors (Lipinski definition) is 2. The molecule has 0 aliphatic carbocycles. The molecule has 17 heavy (non-hydrogen) atoms. The van der Waals surface area contributed by atoms with Crippen LogP contribution >= 0.6 is 0 Å². The molecule has 2 atom stereocenters. The highest BCUT2D eigenvalue weighted by molar-refractivity contribution is 5.16. The molecule has 2 nitrogen and oxygen atoms in total. The van der Waals surface area contributed by atoms with Gasteiger partial charge < -0.3 is 5.73 Å². The molecule has 0 saturated carbocycles. The first-order valence-corrected chi connectivity index (χ1v) is 6.14. The SMILES string of the molecule is CC(CC(N)c1ccncc1F)CC(C)(C)C. The fourth-order valence-electron chi connectivity index (χ4n) is 2.38. The maximum absolute atomic E-state index is 13.5. The zero-order valence-electron chi connectivity index (χ0n) is 11.2. The minimum absolute atomic E-state index is 0.240. The van der Waals surface area contributed by atoms with E-state index in [0.29, 0.717) is 11.5 Å². The van der Waals surface area contributed by atoms with Crippen LogP contribution in [-0.2, 0) is 0 Å². The summed E-state index contributed by atoms with van der Waals surface area (Å²) in [6.07, 6.45) is 4.71. The molecular formula is C14H23FN2. The molecule has 0 bridgehead atoms. The first kappa shape index (κ1) is 14.1. The molecular weight excluding hydrogens is 215 g/mol. The Morgan fingerprint density at radius 1 is 1.41 bits per heavy atom. The van der Waals surface area contributed by atoms with Crippen molar-refractivity contribution in [2.75, 3.05) is 0 Å². The van der Waals surface area contributed by atoms with Crippen LogP contribution in [0.4, 0.5) is 4.39 Å². The Morgan fingerprint density at radius 2 is 2.06 bits per heavy atom. The normalized spacial score (nSPS) is 15.6. The van der Waals surface area contributed by atoms with E-state index in [0.717, 1.165) is 12.8 Å². The second kappa shape index (κ2) is 5.58. The fraction of sp³-hybridized carbons (Fsp3) is 0.643. The first-order valence-electron chi connectivity index (χ1n) is 6.14. The number of nitrogens with zero attached hydrogens (tertiary/aromatic N) is 1. The first-order chi connectivity index (χ1) is 7.79. The molecule has 0 aliphatic heterocycles. The van der Waals surface area contributed by atoms with Crippen LogP contribution in [0.25, 0.3) is 0 Å². The Kier molecular flexibility index (Phi) is 4.63. The van der Waals surface area contributed by atoms with Gasteiger partial charge >= 0.3 is 0 Å². The van der Waals surface area contributed by atoms with Gasteiger partial charge in [-0.1, -0.05) is 27.7 Å². The molecule has 1 rings (SSSR count). The van der Waals surface area contributed by atoms with Gasteiger partial charge in [-0.2, -0.15) is 0 Å². The molecule has 2 N–H and O–H groups in total. The van der Waals surface area contributed by atoms with Crippen LogP contribution in [0.15, 0.2) is 18.5 Å². The molecule has 96 valence electrons. The molecule has 1 heterocycles. The molecule has 1 aromatic rings.